The van der Waals surface area contributed by atoms with Gasteiger partial charge in [0.25, 0.3) is 0 Å². The highest BCUT2D eigenvalue weighted by Gasteiger charge is 2.42. The fraction of sp³-hybridized carbons (Fsp3) is 0.286. The standard InChI is InChI=1S/C21H20N2O2/c1-2-11-24-18-10-6-7-16(12-18)13-23-14-19-20(15-23)25-22-21(19)17-8-4-3-5-9-17/h1,3-10,12,19-20H,11,13-15H2/t19-,20+/m0/s1. The molecule has 2 aliphatic heterocycles. The highest BCUT2D eigenvalue weighted by Crippen LogP contribution is 2.31. The van der Waals surface area contributed by atoms with E-state index in [9.17, 15) is 0 Å². The zero-order valence-corrected chi connectivity index (χ0v) is 14.0. The Labute approximate surface area is 148 Å². The molecular formula is C21H20N2O2. The first-order valence-corrected chi connectivity index (χ1v) is 8.50. The molecule has 0 aliphatic carbocycles. The Morgan fingerprint density at radius 2 is 2.04 bits per heavy atom. The van der Waals surface area contributed by atoms with Crippen LogP contribution in [0.5, 0.6) is 5.75 Å². The van der Waals surface area contributed by atoms with Gasteiger partial charge in [-0.3, -0.25) is 4.90 Å². The molecule has 0 radical (unpaired) electrons. The van der Waals surface area contributed by atoms with E-state index in [1.54, 1.807) is 0 Å². The second kappa shape index (κ2) is 7.00. The normalized spacial score (nSPS) is 22.0. The summed E-state index contributed by atoms with van der Waals surface area (Å²) in [4.78, 5) is 8.10. The molecule has 4 heteroatoms. The van der Waals surface area contributed by atoms with Crippen LogP contribution in [-0.4, -0.2) is 36.4 Å². The molecule has 0 bridgehead atoms. The molecule has 25 heavy (non-hydrogen) atoms. The van der Waals surface area contributed by atoms with Gasteiger partial charge in [0.2, 0.25) is 0 Å². The predicted octanol–water partition coefficient (Wildman–Crippen LogP) is 2.93. The van der Waals surface area contributed by atoms with Gasteiger partial charge in [-0.2, -0.15) is 0 Å². The lowest BCUT2D eigenvalue weighted by atomic mass is 9.95. The molecule has 2 atom stereocenters. The summed E-state index contributed by atoms with van der Waals surface area (Å²) in [6.45, 7) is 3.00. The minimum Gasteiger partial charge on any atom is -0.481 e. The van der Waals surface area contributed by atoms with Gasteiger partial charge in [-0.15, -0.1) is 6.42 Å². The number of hydrogen-bond acceptors (Lipinski definition) is 4. The van der Waals surface area contributed by atoms with Crippen molar-refractivity contribution in [2.24, 2.45) is 11.1 Å². The number of likely N-dealkylation sites (tertiary alicyclic amines) is 1. The van der Waals surface area contributed by atoms with Gasteiger partial charge < -0.3 is 9.57 Å². The van der Waals surface area contributed by atoms with Crippen LogP contribution in [0.1, 0.15) is 11.1 Å². The van der Waals surface area contributed by atoms with Crippen molar-refractivity contribution in [1.82, 2.24) is 4.90 Å². The molecule has 126 valence electrons. The number of ether oxygens (including phenoxy) is 1. The van der Waals surface area contributed by atoms with Crippen LogP contribution in [0, 0.1) is 18.3 Å². The SMILES string of the molecule is C#CCOc1cccc(CN2C[C@@H]3C(c4ccccc4)=NO[C@@H]3C2)c1. The lowest BCUT2D eigenvalue weighted by molar-refractivity contribution is 0.0745. The summed E-state index contributed by atoms with van der Waals surface area (Å²) in [7, 11) is 0. The van der Waals surface area contributed by atoms with Crippen molar-refractivity contribution in [2.45, 2.75) is 12.6 Å². The summed E-state index contributed by atoms with van der Waals surface area (Å²) >= 11 is 0. The first-order valence-electron chi connectivity index (χ1n) is 8.50. The number of oxime groups is 1. The van der Waals surface area contributed by atoms with Crippen LogP contribution >= 0.6 is 0 Å². The van der Waals surface area contributed by atoms with Gasteiger partial charge >= 0.3 is 0 Å². The number of rotatable bonds is 5. The summed E-state index contributed by atoms with van der Waals surface area (Å²) in [5.41, 5.74) is 3.44. The maximum absolute atomic E-state index is 5.69. The molecule has 2 aromatic rings. The van der Waals surface area contributed by atoms with E-state index in [0.717, 1.165) is 36.7 Å². The van der Waals surface area contributed by atoms with Crippen LogP contribution < -0.4 is 4.74 Å². The minimum atomic E-state index is 0.149. The van der Waals surface area contributed by atoms with Crippen LogP contribution in [-0.2, 0) is 11.4 Å². The average molecular weight is 332 g/mol. The average Bonchev–Trinajstić information content (AvgIpc) is 3.21. The molecule has 4 rings (SSSR count). The van der Waals surface area contributed by atoms with Gasteiger partial charge in [0.15, 0.2) is 0 Å². The number of terminal acetylenes is 1. The van der Waals surface area contributed by atoms with E-state index >= 15 is 0 Å². The van der Waals surface area contributed by atoms with E-state index in [-0.39, 0.29) is 6.10 Å². The van der Waals surface area contributed by atoms with Crippen molar-refractivity contribution in [3.63, 3.8) is 0 Å². The molecule has 2 aliphatic rings. The van der Waals surface area contributed by atoms with E-state index in [2.05, 4.69) is 40.2 Å². The molecular weight excluding hydrogens is 312 g/mol. The van der Waals surface area contributed by atoms with E-state index in [1.165, 1.54) is 5.56 Å². The monoisotopic (exact) mass is 332 g/mol. The van der Waals surface area contributed by atoms with E-state index in [4.69, 9.17) is 16.0 Å². The van der Waals surface area contributed by atoms with Gasteiger partial charge in [0, 0.05) is 19.6 Å². The Morgan fingerprint density at radius 1 is 1.16 bits per heavy atom. The zero-order valence-electron chi connectivity index (χ0n) is 14.0. The molecule has 2 heterocycles. The van der Waals surface area contributed by atoms with Crippen LogP contribution in [0.3, 0.4) is 0 Å². The molecule has 2 aromatic carbocycles. The molecule has 0 spiro atoms. The van der Waals surface area contributed by atoms with Crippen molar-refractivity contribution < 1.29 is 9.57 Å². The molecule has 1 fully saturated rings. The Morgan fingerprint density at radius 3 is 2.88 bits per heavy atom. The van der Waals surface area contributed by atoms with Crippen LogP contribution in [0.15, 0.2) is 59.8 Å². The van der Waals surface area contributed by atoms with Crippen molar-refractivity contribution in [3.05, 3.63) is 65.7 Å². The van der Waals surface area contributed by atoms with E-state index in [1.807, 2.05) is 30.3 Å². The third-order valence-electron chi connectivity index (χ3n) is 4.68. The Kier molecular flexibility index (Phi) is 4.41. The second-order valence-corrected chi connectivity index (χ2v) is 6.43. The third-order valence-corrected chi connectivity index (χ3v) is 4.68. The highest BCUT2D eigenvalue weighted by molar-refractivity contribution is 6.03. The molecule has 4 nitrogen and oxygen atoms in total. The summed E-state index contributed by atoms with van der Waals surface area (Å²) < 4.78 is 5.51. The molecule has 0 N–H and O–H groups in total. The van der Waals surface area contributed by atoms with Gasteiger partial charge in [-0.25, -0.2) is 0 Å². The van der Waals surface area contributed by atoms with Crippen LogP contribution in [0.25, 0.3) is 0 Å². The number of benzene rings is 2. The summed E-state index contributed by atoms with van der Waals surface area (Å²) in [6, 6.07) is 18.4. The van der Waals surface area contributed by atoms with Crippen molar-refractivity contribution >= 4 is 5.71 Å². The fourth-order valence-corrected chi connectivity index (χ4v) is 3.54. The largest absolute Gasteiger partial charge is 0.481 e. The third kappa shape index (κ3) is 3.38. The Bertz CT molecular complexity index is 810. The van der Waals surface area contributed by atoms with E-state index < -0.39 is 0 Å². The number of nitrogens with zero attached hydrogens (tertiary/aromatic N) is 2. The molecule has 0 unspecified atom stereocenters. The molecule has 0 saturated carbocycles. The smallest absolute Gasteiger partial charge is 0.149 e. The second-order valence-electron chi connectivity index (χ2n) is 6.43. The first-order chi connectivity index (χ1) is 12.3. The summed E-state index contributed by atoms with van der Waals surface area (Å²) in [5, 5.41) is 4.33. The molecule has 0 aromatic heterocycles. The predicted molar refractivity (Wildman–Crippen MR) is 97.4 cm³/mol. The van der Waals surface area contributed by atoms with Gasteiger partial charge in [-0.05, 0) is 23.3 Å². The van der Waals surface area contributed by atoms with Crippen LogP contribution in [0.2, 0.25) is 0 Å². The molecule has 1 saturated heterocycles. The first kappa shape index (κ1) is 15.7. The Hall–Kier alpha value is -2.77. The van der Waals surface area contributed by atoms with Gasteiger partial charge in [0.1, 0.15) is 18.5 Å². The van der Waals surface area contributed by atoms with Crippen molar-refractivity contribution in [3.8, 4) is 18.1 Å². The number of fused-ring (bicyclic) bond motifs is 1. The number of hydrogen-bond donors (Lipinski definition) is 0. The molecule has 0 amide bonds. The maximum atomic E-state index is 5.69. The minimum absolute atomic E-state index is 0.149. The van der Waals surface area contributed by atoms with Crippen LogP contribution in [0.4, 0.5) is 0 Å². The summed E-state index contributed by atoms with van der Waals surface area (Å²) in [5.74, 6) is 3.65. The van der Waals surface area contributed by atoms with Gasteiger partial charge in [-0.1, -0.05) is 53.5 Å². The zero-order chi connectivity index (χ0) is 17.1. The highest BCUT2D eigenvalue weighted by atomic mass is 16.6. The lowest BCUT2D eigenvalue weighted by Gasteiger charge is -2.17. The van der Waals surface area contributed by atoms with E-state index in [0.29, 0.717) is 12.5 Å². The topological polar surface area (TPSA) is 34.1 Å². The maximum Gasteiger partial charge on any atom is 0.149 e. The van der Waals surface area contributed by atoms with Crippen molar-refractivity contribution in [2.75, 3.05) is 19.7 Å². The van der Waals surface area contributed by atoms with Crippen molar-refractivity contribution in [1.29, 1.82) is 0 Å². The van der Waals surface area contributed by atoms with Gasteiger partial charge in [0.05, 0.1) is 11.6 Å². The quantitative estimate of drug-likeness (QED) is 0.790. The summed E-state index contributed by atoms with van der Waals surface area (Å²) in [6.07, 6.45) is 5.40. The fourth-order valence-electron chi connectivity index (χ4n) is 3.54. The lowest BCUT2D eigenvalue weighted by Crippen LogP contribution is -2.23. The Balaban J connectivity index is 1.42.